The fraction of sp³-hybridized carbons (Fsp3) is 1.00. The maximum absolute atomic E-state index is 5.95. The topological polar surface area (TPSA) is 32.5 Å². The molecule has 0 aliphatic heterocycles. The van der Waals surface area contributed by atoms with Crippen LogP contribution in [0.25, 0.3) is 0 Å². The van der Waals surface area contributed by atoms with Gasteiger partial charge >= 0.3 is 0 Å². The van der Waals surface area contributed by atoms with E-state index in [9.17, 15) is 0 Å². The average Bonchev–Trinajstić information content (AvgIpc) is 2.28. The van der Waals surface area contributed by atoms with Crippen molar-refractivity contribution in [2.75, 3.05) is 46.2 Å². The van der Waals surface area contributed by atoms with Crippen LogP contribution in [0.2, 0.25) is 0 Å². The zero-order valence-corrected chi connectivity index (χ0v) is 13.4. The normalized spacial score (nSPS) is 20.2. The van der Waals surface area contributed by atoms with Crippen molar-refractivity contribution in [1.29, 1.82) is 0 Å². The van der Waals surface area contributed by atoms with E-state index in [1.54, 1.807) is 0 Å². The second-order valence-electron chi connectivity index (χ2n) is 5.91. The molecule has 0 spiro atoms. The number of thioether (sulfide) groups is 1. The summed E-state index contributed by atoms with van der Waals surface area (Å²) < 4.78 is 0. The quantitative estimate of drug-likeness (QED) is 0.650. The molecule has 0 aromatic rings. The summed E-state index contributed by atoms with van der Waals surface area (Å²) in [6, 6.07) is 0.551. The summed E-state index contributed by atoms with van der Waals surface area (Å²) in [4.78, 5) is 4.92. The summed E-state index contributed by atoms with van der Waals surface area (Å²) in [7, 11) is 6.69. The van der Waals surface area contributed by atoms with E-state index in [2.05, 4.69) is 37.2 Å². The molecule has 0 radical (unpaired) electrons. The van der Waals surface area contributed by atoms with Crippen molar-refractivity contribution in [3.05, 3.63) is 0 Å². The first-order valence-corrected chi connectivity index (χ1v) is 8.52. The lowest BCUT2D eigenvalue weighted by molar-refractivity contribution is 0.0160. The Kier molecular flexibility index (Phi) is 6.99. The van der Waals surface area contributed by atoms with Crippen molar-refractivity contribution in [2.24, 2.45) is 5.73 Å². The highest BCUT2D eigenvalue weighted by atomic mass is 32.2. The molecule has 1 unspecified atom stereocenters. The Labute approximate surface area is 117 Å². The van der Waals surface area contributed by atoms with E-state index in [1.165, 1.54) is 44.4 Å². The van der Waals surface area contributed by atoms with Crippen LogP contribution in [0.5, 0.6) is 0 Å². The first-order chi connectivity index (χ1) is 8.55. The molecule has 0 heterocycles. The summed E-state index contributed by atoms with van der Waals surface area (Å²) in [5, 5.41) is 0. The third kappa shape index (κ3) is 4.12. The van der Waals surface area contributed by atoms with Gasteiger partial charge in [-0.1, -0.05) is 0 Å². The van der Waals surface area contributed by atoms with Gasteiger partial charge in [0, 0.05) is 24.7 Å². The first kappa shape index (κ1) is 16.3. The van der Waals surface area contributed by atoms with E-state index in [4.69, 9.17) is 5.73 Å². The van der Waals surface area contributed by atoms with Crippen LogP contribution in [0.1, 0.15) is 32.1 Å². The molecule has 0 aromatic carbocycles. The molecular formula is C14H31N3S. The molecule has 1 aliphatic carbocycles. The Morgan fingerprint density at radius 3 is 2.33 bits per heavy atom. The monoisotopic (exact) mass is 273 g/mol. The predicted octanol–water partition coefficient (Wildman–Crippen LogP) is 1.87. The molecule has 1 rings (SSSR count). The lowest BCUT2D eigenvalue weighted by atomic mass is 9.75. The summed E-state index contributed by atoms with van der Waals surface area (Å²) in [6.45, 7) is 1.95. The van der Waals surface area contributed by atoms with Gasteiger partial charge in [0.25, 0.3) is 0 Å². The zero-order chi connectivity index (χ0) is 13.6. The highest BCUT2D eigenvalue weighted by Gasteiger charge is 2.40. The van der Waals surface area contributed by atoms with Gasteiger partial charge in [0.2, 0.25) is 0 Å². The van der Waals surface area contributed by atoms with Crippen molar-refractivity contribution in [1.82, 2.24) is 9.80 Å². The molecule has 3 nitrogen and oxygen atoms in total. The third-order valence-electron chi connectivity index (χ3n) is 4.56. The lowest BCUT2D eigenvalue weighted by Crippen LogP contribution is -2.58. The van der Waals surface area contributed by atoms with E-state index >= 15 is 0 Å². The lowest BCUT2D eigenvalue weighted by Gasteiger charge is -2.50. The number of likely N-dealkylation sites (N-methyl/N-ethyl adjacent to an activating group) is 2. The average molecular weight is 273 g/mol. The van der Waals surface area contributed by atoms with E-state index in [0.717, 1.165) is 6.54 Å². The van der Waals surface area contributed by atoms with Crippen LogP contribution < -0.4 is 5.73 Å². The van der Waals surface area contributed by atoms with Crippen molar-refractivity contribution in [3.63, 3.8) is 0 Å². The minimum atomic E-state index is 0.418. The summed E-state index contributed by atoms with van der Waals surface area (Å²) in [5.74, 6) is 1.25. The molecular weight excluding hydrogens is 242 g/mol. The van der Waals surface area contributed by atoms with Crippen molar-refractivity contribution >= 4 is 11.8 Å². The van der Waals surface area contributed by atoms with Gasteiger partial charge in [0.05, 0.1) is 0 Å². The summed E-state index contributed by atoms with van der Waals surface area (Å²) in [6.07, 6.45) is 8.75. The van der Waals surface area contributed by atoms with Crippen LogP contribution in [0.3, 0.4) is 0 Å². The second-order valence-corrected chi connectivity index (χ2v) is 6.90. The summed E-state index contributed by atoms with van der Waals surface area (Å²) >= 11 is 1.93. The first-order valence-electron chi connectivity index (χ1n) is 7.12. The van der Waals surface area contributed by atoms with Gasteiger partial charge in [-0.25, -0.2) is 0 Å². The van der Waals surface area contributed by atoms with E-state index in [1.807, 2.05) is 11.8 Å². The molecule has 0 amide bonds. The van der Waals surface area contributed by atoms with Crippen LogP contribution in [0, 0.1) is 0 Å². The Balaban J connectivity index is 2.43. The van der Waals surface area contributed by atoms with E-state index in [-0.39, 0.29) is 0 Å². The SMILES string of the molecule is CSCCCC(CN)N(C)CC1(N(C)C)CCC1. The Hall–Kier alpha value is 0.230. The van der Waals surface area contributed by atoms with Crippen LogP contribution in [-0.2, 0) is 0 Å². The van der Waals surface area contributed by atoms with Crippen molar-refractivity contribution < 1.29 is 0 Å². The molecule has 1 fully saturated rings. The molecule has 4 heteroatoms. The summed E-state index contributed by atoms with van der Waals surface area (Å²) in [5.41, 5.74) is 6.37. The second kappa shape index (κ2) is 7.73. The van der Waals surface area contributed by atoms with Gasteiger partial charge in [-0.15, -0.1) is 0 Å². The maximum atomic E-state index is 5.95. The molecule has 2 N–H and O–H groups in total. The zero-order valence-electron chi connectivity index (χ0n) is 12.6. The highest BCUT2D eigenvalue weighted by Crippen LogP contribution is 2.37. The fourth-order valence-corrected chi connectivity index (χ4v) is 3.36. The highest BCUT2D eigenvalue weighted by molar-refractivity contribution is 7.98. The van der Waals surface area contributed by atoms with Gasteiger partial charge in [-0.05, 0) is 65.3 Å². The van der Waals surface area contributed by atoms with Crippen LogP contribution >= 0.6 is 11.8 Å². The minimum Gasteiger partial charge on any atom is -0.329 e. The molecule has 0 bridgehead atoms. The number of nitrogens with zero attached hydrogens (tertiary/aromatic N) is 2. The minimum absolute atomic E-state index is 0.418. The predicted molar refractivity (Wildman–Crippen MR) is 83.4 cm³/mol. The van der Waals surface area contributed by atoms with Gasteiger partial charge < -0.3 is 15.5 Å². The van der Waals surface area contributed by atoms with Crippen LogP contribution in [-0.4, -0.2) is 67.6 Å². The molecule has 18 heavy (non-hydrogen) atoms. The number of hydrogen-bond acceptors (Lipinski definition) is 4. The van der Waals surface area contributed by atoms with E-state index in [0.29, 0.717) is 11.6 Å². The van der Waals surface area contributed by atoms with Crippen molar-refractivity contribution in [2.45, 2.75) is 43.7 Å². The smallest absolute Gasteiger partial charge is 0.0330 e. The standard InChI is InChI=1S/C14H31N3S/c1-16(2)14(8-6-9-14)12-17(3)13(11-15)7-5-10-18-4/h13H,5-12,15H2,1-4H3. The number of rotatable bonds is 9. The van der Waals surface area contributed by atoms with Crippen LogP contribution in [0.15, 0.2) is 0 Å². The molecule has 0 aromatic heterocycles. The van der Waals surface area contributed by atoms with Crippen molar-refractivity contribution in [3.8, 4) is 0 Å². The van der Waals surface area contributed by atoms with Crippen LogP contribution in [0.4, 0.5) is 0 Å². The molecule has 108 valence electrons. The molecule has 1 saturated carbocycles. The number of nitrogens with two attached hydrogens (primary N) is 1. The fourth-order valence-electron chi connectivity index (χ4n) is 2.91. The Morgan fingerprint density at radius 2 is 1.94 bits per heavy atom. The maximum Gasteiger partial charge on any atom is 0.0330 e. The number of hydrogen-bond donors (Lipinski definition) is 1. The third-order valence-corrected chi connectivity index (χ3v) is 5.25. The Bertz CT molecular complexity index is 229. The largest absolute Gasteiger partial charge is 0.329 e. The van der Waals surface area contributed by atoms with Gasteiger partial charge in [-0.2, -0.15) is 11.8 Å². The van der Waals surface area contributed by atoms with Gasteiger partial charge in [0.15, 0.2) is 0 Å². The Morgan fingerprint density at radius 1 is 1.28 bits per heavy atom. The molecule has 1 aliphatic rings. The van der Waals surface area contributed by atoms with E-state index < -0.39 is 0 Å². The van der Waals surface area contributed by atoms with Gasteiger partial charge in [0.1, 0.15) is 0 Å². The molecule has 0 saturated heterocycles. The molecule has 1 atom stereocenters. The van der Waals surface area contributed by atoms with Gasteiger partial charge in [-0.3, -0.25) is 0 Å².